The van der Waals surface area contributed by atoms with E-state index in [9.17, 15) is 48.3 Å². The predicted octanol–water partition coefficient (Wildman–Crippen LogP) is -1.86. The molecule has 24 heteroatoms. The molecular weight excluding hydrogens is 909 g/mol. The van der Waals surface area contributed by atoms with E-state index in [4.69, 9.17) is 17.2 Å². The Balaban J connectivity index is 2.36. The number of nitrogens with zero attached hydrogens (tertiary/aromatic N) is 1. The summed E-state index contributed by atoms with van der Waals surface area (Å²) in [6.45, 7) is 5.17. The Morgan fingerprint density at radius 3 is 1.85 bits per heavy atom. The molecule has 0 saturated carbocycles. The van der Waals surface area contributed by atoms with Crippen LogP contribution in [-0.4, -0.2) is 141 Å². The first-order valence-corrected chi connectivity index (χ1v) is 24.1. The van der Waals surface area contributed by atoms with Crippen LogP contribution in [0.4, 0.5) is 0 Å². The predicted molar refractivity (Wildman–Crippen MR) is 255 cm³/mol. The highest BCUT2D eigenvalue weighted by molar-refractivity contribution is 7.98. The maximum atomic E-state index is 14.2. The van der Waals surface area contributed by atoms with E-state index in [2.05, 4.69) is 59.8 Å². The Labute approximate surface area is 400 Å². The van der Waals surface area contributed by atoms with E-state index in [0.29, 0.717) is 36.3 Å². The number of nitrogens with two attached hydrogens (primary N) is 3. The molecule has 0 fully saturated rings. The van der Waals surface area contributed by atoms with Gasteiger partial charge in [-0.25, -0.2) is 9.78 Å². The third-order valence-corrected chi connectivity index (χ3v) is 11.7. The number of H-pyrrole nitrogens is 1. The molecule has 67 heavy (non-hydrogen) atoms. The first kappa shape index (κ1) is 57.4. The molecule has 1 heterocycles. The number of hydrogen-bond acceptors (Lipinski definition) is 14. The first-order chi connectivity index (χ1) is 31.8. The SMILES string of the molecule is CC[C@H](C)[C@H](NC(=O)[C@H](CCSC)NC(=O)[C@H](CCCCN)NC(=O)[C@H](CCC(N)=O)NC(=O)[C@@H](N)Cc1cnc[nH]1)C(=O)N[C@@H](Cc1ccccc1)C(=O)N[C@@H](C)C(=O)N[C@@H](CS)C(=O)O. The standard InChI is InChI=1S/C43H68N12O10S2/c1-5-24(2)35(42(63)53-32(19-26-11-7-6-8-12-26)41(62)49-25(3)36(57)54-33(22-66)43(64)65)55-40(61)31(16-18-67-4)52-38(59)29(13-9-10-17-44)51-39(60)30(14-15-34(46)56)50-37(58)28(45)20-27-21-47-23-48-27/h6-8,11-12,21,23-25,28-33,35,66H,5,9-10,13-20,22,44-45H2,1-4H3,(H2,46,56)(H,47,48)(H,49,62)(H,50,58)(H,51,60)(H,52,59)(H,53,63)(H,54,57)(H,55,61)(H,64,65)/t24-,25-,28-,29-,30-,31-,32-,33-,35-/m0/s1. The van der Waals surface area contributed by atoms with E-state index < -0.39 is 107 Å². The Morgan fingerprint density at radius 2 is 1.30 bits per heavy atom. The van der Waals surface area contributed by atoms with E-state index >= 15 is 0 Å². The number of carbonyl (C=O) groups is 9. The summed E-state index contributed by atoms with van der Waals surface area (Å²) in [4.78, 5) is 126. The van der Waals surface area contributed by atoms with Crippen molar-refractivity contribution in [2.75, 3.05) is 24.3 Å². The molecule has 1 aromatic carbocycles. The van der Waals surface area contributed by atoms with Gasteiger partial charge in [0.2, 0.25) is 47.3 Å². The number of aliphatic carboxylic acids is 1. The van der Waals surface area contributed by atoms with E-state index in [1.54, 1.807) is 50.4 Å². The monoisotopic (exact) mass is 976 g/mol. The number of imidazole rings is 1. The topological polar surface area (TPSA) is 365 Å². The molecule has 0 spiro atoms. The number of aromatic nitrogens is 2. The lowest BCUT2D eigenvalue weighted by atomic mass is 9.96. The van der Waals surface area contributed by atoms with E-state index in [0.717, 1.165) is 0 Å². The van der Waals surface area contributed by atoms with Gasteiger partial charge in [-0.15, -0.1) is 0 Å². The largest absolute Gasteiger partial charge is 0.480 e. The highest BCUT2D eigenvalue weighted by atomic mass is 32.2. The van der Waals surface area contributed by atoms with Crippen molar-refractivity contribution in [2.24, 2.45) is 23.1 Å². The van der Waals surface area contributed by atoms with Crippen LogP contribution in [0.3, 0.4) is 0 Å². The van der Waals surface area contributed by atoms with Crippen molar-refractivity contribution in [3.8, 4) is 0 Å². The van der Waals surface area contributed by atoms with E-state index in [-0.39, 0.29) is 50.8 Å². The highest BCUT2D eigenvalue weighted by Gasteiger charge is 2.35. The molecule has 15 N–H and O–H groups in total. The molecule has 0 radical (unpaired) electrons. The minimum absolute atomic E-state index is 0.0168. The Bertz CT molecular complexity index is 1930. The zero-order valence-electron chi connectivity index (χ0n) is 38.4. The summed E-state index contributed by atoms with van der Waals surface area (Å²) in [6.07, 6.45) is 5.75. The number of benzene rings is 1. The minimum Gasteiger partial charge on any atom is -0.480 e. The molecule has 372 valence electrons. The Morgan fingerprint density at radius 1 is 0.731 bits per heavy atom. The van der Waals surface area contributed by atoms with Gasteiger partial charge in [0.05, 0.1) is 12.4 Å². The van der Waals surface area contributed by atoms with Gasteiger partial charge in [-0.3, -0.25) is 38.4 Å². The van der Waals surface area contributed by atoms with Gasteiger partial charge in [0.1, 0.15) is 42.3 Å². The third kappa shape index (κ3) is 20.8. The van der Waals surface area contributed by atoms with Crippen molar-refractivity contribution in [3.63, 3.8) is 0 Å². The van der Waals surface area contributed by atoms with Crippen LogP contribution in [0.5, 0.6) is 0 Å². The lowest BCUT2D eigenvalue weighted by molar-refractivity contribution is -0.141. The Kier molecular flexibility index (Phi) is 26.2. The molecule has 0 bridgehead atoms. The summed E-state index contributed by atoms with van der Waals surface area (Å²) in [6, 6.07) is -1.15. The van der Waals surface area contributed by atoms with Gasteiger partial charge in [-0.2, -0.15) is 24.4 Å². The number of carboxylic acid groups (broad SMARTS) is 1. The fraction of sp³-hybridized carbons (Fsp3) is 0.581. The van der Waals surface area contributed by atoms with Gasteiger partial charge in [0, 0.05) is 36.9 Å². The lowest BCUT2D eigenvalue weighted by Gasteiger charge is -2.29. The number of nitrogens with one attached hydrogen (secondary N) is 8. The van der Waals surface area contributed by atoms with Crippen LogP contribution in [0, 0.1) is 5.92 Å². The maximum absolute atomic E-state index is 14.2. The summed E-state index contributed by atoms with van der Waals surface area (Å²) in [5.41, 5.74) is 18.4. The smallest absolute Gasteiger partial charge is 0.327 e. The second kappa shape index (κ2) is 30.5. The van der Waals surface area contributed by atoms with Crippen molar-refractivity contribution in [1.29, 1.82) is 0 Å². The molecule has 2 rings (SSSR count). The number of amides is 8. The fourth-order valence-corrected chi connectivity index (χ4v) is 7.23. The van der Waals surface area contributed by atoms with Crippen molar-refractivity contribution >= 4 is 77.6 Å². The van der Waals surface area contributed by atoms with Crippen LogP contribution in [-0.2, 0) is 56.0 Å². The van der Waals surface area contributed by atoms with E-state index in [1.165, 1.54) is 31.2 Å². The van der Waals surface area contributed by atoms with Gasteiger partial charge in [-0.05, 0) is 69.1 Å². The van der Waals surface area contributed by atoms with Gasteiger partial charge >= 0.3 is 5.97 Å². The van der Waals surface area contributed by atoms with Crippen LogP contribution in [0.25, 0.3) is 0 Å². The van der Waals surface area contributed by atoms with Crippen molar-refractivity contribution in [2.45, 2.75) is 127 Å². The molecule has 0 aliphatic heterocycles. The quantitative estimate of drug-likeness (QED) is 0.0283. The normalized spacial score (nSPS) is 15.1. The fourth-order valence-electron chi connectivity index (χ4n) is 6.51. The summed E-state index contributed by atoms with van der Waals surface area (Å²) in [5, 5.41) is 27.6. The van der Waals surface area contributed by atoms with Crippen LogP contribution in [0.15, 0.2) is 42.9 Å². The van der Waals surface area contributed by atoms with Crippen LogP contribution in [0.1, 0.15) is 77.0 Å². The highest BCUT2D eigenvalue weighted by Crippen LogP contribution is 2.13. The van der Waals surface area contributed by atoms with E-state index in [1.807, 2.05) is 0 Å². The van der Waals surface area contributed by atoms with Gasteiger partial charge in [0.25, 0.3) is 0 Å². The molecular formula is C43H68N12O10S2. The van der Waals surface area contributed by atoms with Gasteiger partial charge < -0.3 is 64.5 Å². The average Bonchev–Trinajstić information content (AvgIpc) is 3.81. The second-order valence-corrected chi connectivity index (χ2v) is 17.4. The molecule has 9 atom stereocenters. The van der Waals surface area contributed by atoms with Crippen molar-refractivity contribution in [1.82, 2.24) is 47.2 Å². The summed E-state index contributed by atoms with van der Waals surface area (Å²) in [5.74, 6) is -7.59. The number of thioether (sulfide) groups is 1. The maximum Gasteiger partial charge on any atom is 0.327 e. The number of hydrogen-bond donors (Lipinski definition) is 13. The number of carbonyl (C=O) groups excluding carboxylic acids is 8. The van der Waals surface area contributed by atoms with Crippen LogP contribution in [0.2, 0.25) is 0 Å². The Hall–Kier alpha value is -5.72. The third-order valence-electron chi connectivity index (χ3n) is 10.7. The van der Waals surface area contributed by atoms with Crippen LogP contribution >= 0.6 is 24.4 Å². The average molecular weight is 977 g/mol. The molecule has 1 aromatic heterocycles. The minimum atomic E-state index is -1.32. The molecule has 0 saturated heterocycles. The number of rotatable bonds is 32. The first-order valence-electron chi connectivity index (χ1n) is 22.1. The molecule has 8 amide bonds. The number of carboxylic acids is 1. The van der Waals surface area contributed by atoms with Gasteiger partial charge in [-0.1, -0.05) is 50.6 Å². The van der Waals surface area contributed by atoms with Crippen molar-refractivity contribution < 1.29 is 48.3 Å². The van der Waals surface area contributed by atoms with Crippen molar-refractivity contribution in [3.05, 3.63) is 54.1 Å². The number of unbranched alkanes of at least 4 members (excludes halogenated alkanes) is 1. The summed E-state index contributed by atoms with van der Waals surface area (Å²) >= 11 is 5.35. The molecule has 2 aromatic rings. The van der Waals surface area contributed by atoms with Crippen LogP contribution < -0.4 is 54.4 Å². The lowest BCUT2D eigenvalue weighted by Crippen LogP contribution is -2.61. The molecule has 0 unspecified atom stereocenters. The van der Waals surface area contributed by atoms with Gasteiger partial charge in [0.15, 0.2) is 0 Å². The zero-order valence-corrected chi connectivity index (χ0v) is 40.1. The summed E-state index contributed by atoms with van der Waals surface area (Å²) in [7, 11) is 0. The second-order valence-electron chi connectivity index (χ2n) is 16.1. The number of primary amides is 1. The zero-order chi connectivity index (χ0) is 50.1. The molecule has 0 aliphatic rings. The number of thiol groups is 1. The summed E-state index contributed by atoms with van der Waals surface area (Å²) < 4.78 is 0. The molecule has 22 nitrogen and oxygen atoms in total. The number of aromatic amines is 1. The molecule has 0 aliphatic carbocycles.